The van der Waals surface area contributed by atoms with Crippen LogP contribution >= 0.6 is 0 Å². The smallest absolute Gasteiger partial charge is 0.141 e. The number of benzene rings is 3. The lowest BCUT2D eigenvalue weighted by Gasteiger charge is -2.19. The highest BCUT2D eigenvalue weighted by molar-refractivity contribution is 5.80. The van der Waals surface area contributed by atoms with Crippen molar-refractivity contribution < 1.29 is 9.47 Å². The van der Waals surface area contributed by atoms with E-state index in [1.807, 2.05) is 42.5 Å². The Morgan fingerprint density at radius 1 is 0.833 bits per heavy atom. The molecule has 4 nitrogen and oxygen atoms in total. The summed E-state index contributed by atoms with van der Waals surface area (Å²) >= 11 is 0. The van der Waals surface area contributed by atoms with Crippen molar-refractivity contribution in [2.24, 2.45) is 0 Å². The maximum Gasteiger partial charge on any atom is 0.141 e. The van der Waals surface area contributed by atoms with Gasteiger partial charge in [-0.25, -0.2) is 4.98 Å². The van der Waals surface area contributed by atoms with Gasteiger partial charge in [0.1, 0.15) is 23.9 Å². The van der Waals surface area contributed by atoms with Crippen LogP contribution in [0.4, 0.5) is 0 Å². The van der Waals surface area contributed by atoms with Gasteiger partial charge in [0, 0.05) is 5.56 Å². The molecule has 0 unspecified atom stereocenters. The highest BCUT2D eigenvalue weighted by Gasteiger charge is 2.14. The van der Waals surface area contributed by atoms with Gasteiger partial charge in [0.2, 0.25) is 0 Å². The van der Waals surface area contributed by atoms with Gasteiger partial charge < -0.3 is 14.0 Å². The summed E-state index contributed by atoms with van der Waals surface area (Å²) in [4.78, 5) is 4.87. The average Bonchev–Trinajstić information content (AvgIpc) is 3.12. The minimum atomic E-state index is 0.140. The zero-order valence-electron chi connectivity index (χ0n) is 18.1. The minimum absolute atomic E-state index is 0.140. The summed E-state index contributed by atoms with van der Waals surface area (Å²) in [5.41, 5.74) is 4.59. The van der Waals surface area contributed by atoms with E-state index < -0.39 is 0 Å². The van der Waals surface area contributed by atoms with Crippen LogP contribution < -0.4 is 9.47 Å². The van der Waals surface area contributed by atoms with Crippen LogP contribution in [-0.4, -0.2) is 23.3 Å². The van der Waals surface area contributed by atoms with Gasteiger partial charge in [0.25, 0.3) is 0 Å². The van der Waals surface area contributed by atoms with Crippen molar-refractivity contribution in [3.05, 3.63) is 78.4 Å². The van der Waals surface area contributed by atoms with Crippen LogP contribution in [0.15, 0.2) is 72.8 Å². The number of imidazole rings is 1. The third-order valence-corrected chi connectivity index (χ3v) is 5.31. The molecule has 0 amide bonds. The number of hydrogen-bond donors (Lipinski definition) is 0. The van der Waals surface area contributed by atoms with Crippen molar-refractivity contribution in [3.8, 4) is 22.9 Å². The standard InChI is InChI=1S/C26H28N2O2/c1-26(2,3)20-11-15-22(16-12-20)30-18-17-28-24-8-6-5-7-23(24)27-25(28)19-9-13-21(29-4)14-10-19/h5-16H,17-18H2,1-4H3. The molecule has 0 aliphatic carbocycles. The van der Waals surface area contributed by atoms with Crippen molar-refractivity contribution in [3.63, 3.8) is 0 Å². The molecule has 154 valence electrons. The molecular formula is C26H28N2O2. The molecule has 0 saturated heterocycles. The van der Waals surface area contributed by atoms with Crippen LogP contribution in [0.1, 0.15) is 26.3 Å². The lowest BCUT2D eigenvalue weighted by molar-refractivity contribution is 0.300. The van der Waals surface area contributed by atoms with Crippen molar-refractivity contribution in [2.75, 3.05) is 13.7 Å². The second kappa shape index (κ2) is 8.23. The Labute approximate surface area is 178 Å². The van der Waals surface area contributed by atoms with E-state index in [-0.39, 0.29) is 5.41 Å². The number of rotatable bonds is 6. The van der Waals surface area contributed by atoms with E-state index in [0.29, 0.717) is 13.2 Å². The molecule has 0 spiro atoms. The Morgan fingerprint density at radius 3 is 2.17 bits per heavy atom. The minimum Gasteiger partial charge on any atom is -0.497 e. The van der Waals surface area contributed by atoms with Crippen LogP contribution in [0.2, 0.25) is 0 Å². The molecule has 30 heavy (non-hydrogen) atoms. The fourth-order valence-corrected chi connectivity index (χ4v) is 3.57. The molecule has 0 radical (unpaired) electrons. The molecule has 0 fully saturated rings. The molecular weight excluding hydrogens is 372 g/mol. The maximum atomic E-state index is 6.05. The number of para-hydroxylation sites is 2. The third kappa shape index (κ3) is 4.18. The largest absolute Gasteiger partial charge is 0.497 e. The highest BCUT2D eigenvalue weighted by atomic mass is 16.5. The van der Waals surface area contributed by atoms with Gasteiger partial charge in [0.05, 0.1) is 24.7 Å². The summed E-state index contributed by atoms with van der Waals surface area (Å²) in [7, 11) is 1.68. The van der Waals surface area contributed by atoms with E-state index in [0.717, 1.165) is 33.9 Å². The molecule has 0 saturated carbocycles. The van der Waals surface area contributed by atoms with Gasteiger partial charge >= 0.3 is 0 Å². The van der Waals surface area contributed by atoms with Gasteiger partial charge in [-0.3, -0.25) is 0 Å². The Kier molecular flexibility index (Phi) is 5.49. The van der Waals surface area contributed by atoms with E-state index in [1.165, 1.54) is 5.56 Å². The van der Waals surface area contributed by atoms with E-state index in [2.05, 4.69) is 55.7 Å². The molecule has 4 rings (SSSR count). The zero-order chi connectivity index (χ0) is 21.1. The van der Waals surface area contributed by atoms with Crippen molar-refractivity contribution in [1.82, 2.24) is 9.55 Å². The monoisotopic (exact) mass is 400 g/mol. The maximum absolute atomic E-state index is 6.05. The molecule has 4 aromatic rings. The predicted molar refractivity (Wildman–Crippen MR) is 122 cm³/mol. The summed E-state index contributed by atoms with van der Waals surface area (Å²) in [6.07, 6.45) is 0. The molecule has 1 aromatic heterocycles. The van der Waals surface area contributed by atoms with Crippen molar-refractivity contribution in [1.29, 1.82) is 0 Å². The summed E-state index contributed by atoms with van der Waals surface area (Å²) in [6, 6.07) is 24.6. The number of aromatic nitrogens is 2. The molecule has 0 N–H and O–H groups in total. The SMILES string of the molecule is COc1ccc(-c2nc3ccccc3n2CCOc2ccc(C(C)(C)C)cc2)cc1. The fourth-order valence-electron chi connectivity index (χ4n) is 3.57. The lowest BCUT2D eigenvalue weighted by Crippen LogP contribution is -2.11. The van der Waals surface area contributed by atoms with E-state index >= 15 is 0 Å². The van der Waals surface area contributed by atoms with Crippen molar-refractivity contribution >= 4 is 11.0 Å². The zero-order valence-corrected chi connectivity index (χ0v) is 18.1. The van der Waals surface area contributed by atoms with Crippen LogP contribution in [-0.2, 0) is 12.0 Å². The average molecular weight is 401 g/mol. The molecule has 4 heteroatoms. The summed E-state index contributed by atoms with van der Waals surface area (Å²) in [5.74, 6) is 2.66. The Hall–Kier alpha value is -3.27. The Bertz CT molecular complexity index is 1120. The van der Waals surface area contributed by atoms with Gasteiger partial charge in [-0.05, 0) is 59.5 Å². The molecule has 0 aliphatic rings. The summed E-state index contributed by atoms with van der Waals surface area (Å²) in [5, 5.41) is 0. The normalized spacial score (nSPS) is 11.6. The number of methoxy groups -OCH3 is 1. The number of ether oxygens (including phenoxy) is 2. The van der Waals surface area contributed by atoms with Crippen molar-refractivity contribution in [2.45, 2.75) is 32.7 Å². The van der Waals surface area contributed by atoms with Crippen LogP contribution in [0, 0.1) is 0 Å². The number of nitrogens with zero attached hydrogens (tertiary/aromatic N) is 2. The molecule has 0 bridgehead atoms. The highest BCUT2D eigenvalue weighted by Crippen LogP contribution is 2.27. The molecule has 0 aliphatic heterocycles. The first-order valence-electron chi connectivity index (χ1n) is 10.3. The van der Waals surface area contributed by atoms with E-state index in [9.17, 15) is 0 Å². The lowest BCUT2D eigenvalue weighted by atomic mass is 9.87. The van der Waals surface area contributed by atoms with Gasteiger partial charge in [-0.15, -0.1) is 0 Å². The molecule has 1 heterocycles. The van der Waals surface area contributed by atoms with Crippen LogP contribution in [0.25, 0.3) is 22.4 Å². The van der Waals surface area contributed by atoms with Gasteiger partial charge in [0.15, 0.2) is 0 Å². The quantitative estimate of drug-likeness (QED) is 0.393. The first-order valence-corrected chi connectivity index (χ1v) is 10.3. The molecule has 0 atom stereocenters. The Morgan fingerprint density at radius 2 is 1.50 bits per heavy atom. The predicted octanol–water partition coefficient (Wildman–Crippen LogP) is 6.09. The second-order valence-electron chi connectivity index (χ2n) is 8.43. The van der Waals surface area contributed by atoms with Gasteiger partial charge in [-0.1, -0.05) is 45.0 Å². The van der Waals surface area contributed by atoms with Crippen LogP contribution in [0.5, 0.6) is 11.5 Å². The summed E-state index contributed by atoms with van der Waals surface area (Å²) < 4.78 is 13.6. The topological polar surface area (TPSA) is 36.3 Å². The second-order valence-corrected chi connectivity index (χ2v) is 8.43. The third-order valence-electron chi connectivity index (χ3n) is 5.31. The molecule has 3 aromatic carbocycles. The first-order chi connectivity index (χ1) is 14.5. The first kappa shape index (κ1) is 20.0. The summed E-state index contributed by atoms with van der Waals surface area (Å²) in [6.45, 7) is 7.93. The number of fused-ring (bicyclic) bond motifs is 1. The van der Waals surface area contributed by atoms with Gasteiger partial charge in [-0.2, -0.15) is 0 Å². The van der Waals surface area contributed by atoms with Crippen LogP contribution in [0.3, 0.4) is 0 Å². The van der Waals surface area contributed by atoms with E-state index in [1.54, 1.807) is 7.11 Å². The fraction of sp³-hybridized carbons (Fsp3) is 0.269. The number of hydrogen-bond acceptors (Lipinski definition) is 3. The Balaban J connectivity index is 1.56. The van der Waals surface area contributed by atoms with E-state index in [4.69, 9.17) is 14.5 Å².